The number of aryl methyl sites for hydroxylation is 2. The van der Waals surface area contributed by atoms with Crippen LogP contribution >= 0.6 is 11.8 Å². The Balaban J connectivity index is 2.10. The third-order valence-electron chi connectivity index (χ3n) is 2.94. The van der Waals surface area contributed by atoms with Gasteiger partial charge in [0, 0.05) is 17.0 Å². The maximum absolute atomic E-state index is 4.47. The molecule has 1 saturated heterocycles. The molecule has 0 spiro atoms. The molecule has 82 valence electrons. The van der Waals surface area contributed by atoms with Crippen molar-refractivity contribution in [2.24, 2.45) is 0 Å². The highest BCUT2D eigenvalue weighted by Crippen LogP contribution is 2.29. The van der Waals surface area contributed by atoms with Gasteiger partial charge in [0.2, 0.25) is 0 Å². The monoisotopic (exact) mass is 222 g/mol. The van der Waals surface area contributed by atoms with Gasteiger partial charge in [0.1, 0.15) is 0 Å². The maximum Gasteiger partial charge on any atom is 0.0606 e. The molecule has 0 amide bonds. The second-order valence-corrected chi connectivity index (χ2v) is 5.69. The van der Waals surface area contributed by atoms with E-state index < -0.39 is 0 Å². The lowest BCUT2D eigenvalue weighted by Gasteiger charge is -2.19. The van der Waals surface area contributed by atoms with Gasteiger partial charge in [-0.25, -0.2) is 0 Å². The minimum Gasteiger partial charge on any atom is -0.380 e. The van der Waals surface area contributed by atoms with Crippen LogP contribution in [0.15, 0.2) is 12.1 Å². The molecule has 15 heavy (non-hydrogen) atoms. The van der Waals surface area contributed by atoms with Gasteiger partial charge in [0.25, 0.3) is 0 Å². The average molecular weight is 222 g/mol. The molecule has 1 fully saturated rings. The number of nitrogens with one attached hydrogen (secondary N) is 1. The summed E-state index contributed by atoms with van der Waals surface area (Å²) in [6.45, 7) is 6.40. The highest BCUT2D eigenvalue weighted by atomic mass is 32.2. The summed E-state index contributed by atoms with van der Waals surface area (Å²) in [5.74, 6) is 1.27. The molecule has 1 aromatic heterocycles. The smallest absolute Gasteiger partial charge is 0.0606 e. The molecule has 2 atom stereocenters. The fourth-order valence-corrected chi connectivity index (χ4v) is 3.16. The molecule has 2 heterocycles. The van der Waals surface area contributed by atoms with Crippen molar-refractivity contribution in [3.8, 4) is 0 Å². The van der Waals surface area contributed by atoms with Gasteiger partial charge in [-0.1, -0.05) is 6.92 Å². The van der Waals surface area contributed by atoms with Crippen molar-refractivity contribution in [3.05, 3.63) is 23.5 Å². The second-order valence-electron chi connectivity index (χ2n) is 4.20. The van der Waals surface area contributed by atoms with Gasteiger partial charge in [0.05, 0.1) is 11.4 Å². The van der Waals surface area contributed by atoms with Crippen LogP contribution in [0.25, 0.3) is 0 Å². The molecule has 0 aliphatic carbocycles. The lowest BCUT2D eigenvalue weighted by molar-refractivity contribution is 0.722. The van der Waals surface area contributed by atoms with Crippen molar-refractivity contribution < 1.29 is 0 Å². The molecule has 0 bridgehead atoms. The second kappa shape index (κ2) is 4.44. The first-order valence-corrected chi connectivity index (χ1v) is 6.54. The van der Waals surface area contributed by atoms with E-state index in [0.717, 1.165) is 11.4 Å². The van der Waals surface area contributed by atoms with Gasteiger partial charge in [-0.3, -0.25) is 4.98 Å². The molecule has 0 radical (unpaired) electrons. The third kappa shape index (κ3) is 2.46. The van der Waals surface area contributed by atoms with Gasteiger partial charge < -0.3 is 5.32 Å². The highest BCUT2D eigenvalue weighted by Gasteiger charge is 2.23. The molecule has 1 N–H and O–H groups in total. The summed E-state index contributed by atoms with van der Waals surface area (Å²) in [6.07, 6.45) is 1.26. The molecular formula is C12H18N2S. The SMILES string of the molecule is Cc1ccc(NC2CCSC2C)c(C)n1. The Morgan fingerprint density at radius 1 is 1.40 bits per heavy atom. The Hall–Kier alpha value is -0.700. The Bertz CT molecular complexity index is 351. The van der Waals surface area contributed by atoms with Crippen molar-refractivity contribution >= 4 is 17.4 Å². The summed E-state index contributed by atoms with van der Waals surface area (Å²) in [5, 5.41) is 4.32. The maximum atomic E-state index is 4.47. The van der Waals surface area contributed by atoms with Crippen molar-refractivity contribution in [1.82, 2.24) is 4.98 Å². The van der Waals surface area contributed by atoms with E-state index in [2.05, 4.69) is 48.0 Å². The lowest BCUT2D eigenvalue weighted by Crippen LogP contribution is -2.25. The molecule has 1 aliphatic rings. The Labute approximate surface area is 95.9 Å². The fourth-order valence-electron chi connectivity index (χ4n) is 1.96. The minimum atomic E-state index is 0.609. The Kier molecular flexibility index (Phi) is 3.19. The number of rotatable bonds is 2. The van der Waals surface area contributed by atoms with Crippen molar-refractivity contribution in [1.29, 1.82) is 0 Å². The molecular weight excluding hydrogens is 204 g/mol. The van der Waals surface area contributed by atoms with E-state index in [0.29, 0.717) is 11.3 Å². The number of anilines is 1. The summed E-state index contributed by atoms with van der Waals surface area (Å²) in [4.78, 5) is 4.47. The van der Waals surface area contributed by atoms with Gasteiger partial charge >= 0.3 is 0 Å². The number of thioether (sulfide) groups is 1. The number of hydrogen-bond acceptors (Lipinski definition) is 3. The number of aromatic nitrogens is 1. The van der Waals surface area contributed by atoms with Gasteiger partial charge in [-0.05, 0) is 38.2 Å². The first-order valence-electron chi connectivity index (χ1n) is 5.49. The molecule has 1 aromatic rings. The minimum absolute atomic E-state index is 0.609. The molecule has 2 nitrogen and oxygen atoms in total. The van der Waals surface area contributed by atoms with Crippen LogP contribution < -0.4 is 5.32 Å². The van der Waals surface area contributed by atoms with E-state index >= 15 is 0 Å². The van der Waals surface area contributed by atoms with Crippen LogP contribution in [0.5, 0.6) is 0 Å². The first-order chi connectivity index (χ1) is 7.16. The van der Waals surface area contributed by atoms with Crippen molar-refractivity contribution in [2.75, 3.05) is 11.1 Å². The quantitative estimate of drug-likeness (QED) is 0.832. The third-order valence-corrected chi connectivity index (χ3v) is 4.27. The van der Waals surface area contributed by atoms with Gasteiger partial charge in [-0.2, -0.15) is 11.8 Å². The number of hydrogen-bond donors (Lipinski definition) is 1. The topological polar surface area (TPSA) is 24.9 Å². The average Bonchev–Trinajstić information content (AvgIpc) is 2.57. The van der Waals surface area contributed by atoms with E-state index in [9.17, 15) is 0 Å². The van der Waals surface area contributed by atoms with Crippen LogP contribution in [-0.2, 0) is 0 Å². The van der Waals surface area contributed by atoms with Crippen LogP contribution in [0, 0.1) is 13.8 Å². The summed E-state index contributed by atoms with van der Waals surface area (Å²) < 4.78 is 0. The Morgan fingerprint density at radius 2 is 2.20 bits per heavy atom. The van der Waals surface area contributed by atoms with E-state index in [1.807, 2.05) is 6.92 Å². The van der Waals surface area contributed by atoms with E-state index in [-0.39, 0.29) is 0 Å². The highest BCUT2D eigenvalue weighted by molar-refractivity contribution is 8.00. The van der Waals surface area contributed by atoms with Crippen LogP contribution in [0.2, 0.25) is 0 Å². The van der Waals surface area contributed by atoms with Gasteiger partial charge in [-0.15, -0.1) is 0 Å². The molecule has 2 unspecified atom stereocenters. The zero-order valence-corrected chi connectivity index (χ0v) is 10.4. The van der Waals surface area contributed by atoms with E-state index in [1.165, 1.54) is 17.9 Å². The van der Waals surface area contributed by atoms with Crippen molar-refractivity contribution in [2.45, 2.75) is 38.5 Å². The van der Waals surface area contributed by atoms with Crippen LogP contribution in [0.1, 0.15) is 24.7 Å². The Morgan fingerprint density at radius 3 is 2.80 bits per heavy atom. The van der Waals surface area contributed by atoms with Crippen LogP contribution in [-0.4, -0.2) is 22.0 Å². The molecule has 0 saturated carbocycles. The normalized spacial score (nSPS) is 25.5. The van der Waals surface area contributed by atoms with E-state index in [4.69, 9.17) is 0 Å². The molecule has 3 heteroatoms. The predicted molar refractivity (Wildman–Crippen MR) is 67.7 cm³/mol. The molecule has 2 rings (SSSR count). The zero-order chi connectivity index (χ0) is 10.8. The molecule has 0 aromatic carbocycles. The number of nitrogens with zero attached hydrogens (tertiary/aromatic N) is 1. The van der Waals surface area contributed by atoms with E-state index in [1.54, 1.807) is 0 Å². The summed E-state index contributed by atoms with van der Waals surface area (Å²) in [7, 11) is 0. The predicted octanol–water partition coefficient (Wildman–Crippen LogP) is 3.00. The summed E-state index contributed by atoms with van der Waals surface area (Å²) in [5.41, 5.74) is 3.39. The first kappa shape index (κ1) is 10.8. The lowest BCUT2D eigenvalue weighted by atomic mass is 10.1. The van der Waals surface area contributed by atoms with Gasteiger partial charge in [0.15, 0.2) is 0 Å². The number of pyridine rings is 1. The summed E-state index contributed by atoms with van der Waals surface area (Å²) in [6, 6.07) is 4.83. The molecule has 1 aliphatic heterocycles. The fraction of sp³-hybridized carbons (Fsp3) is 0.583. The standard InChI is InChI=1S/C12H18N2S/c1-8-4-5-11(9(2)13-8)14-12-6-7-15-10(12)3/h4-5,10,12,14H,6-7H2,1-3H3. The largest absolute Gasteiger partial charge is 0.380 e. The zero-order valence-electron chi connectivity index (χ0n) is 9.58. The summed E-state index contributed by atoms with van der Waals surface area (Å²) >= 11 is 2.05. The van der Waals surface area contributed by atoms with Crippen LogP contribution in [0.3, 0.4) is 0 Å². The van der Waals surface area contributed by atoms with Crippen molar-refractivity contribution in [3.63, 3.8) is 0 Å². The van der Waals surface area contributed by atoms with Crippen LogP contribution in [0.4, 0.5) is 5.69 Å².